The topological polar surface area (TPSA) is 26.3 Å². The predicted molar refractivity (Wildman–Crippen MR) is 55.3 cm³/mol. The largest absolute Gasteiger partial charge is 0.573 e. The fourth-order valence-corrected chi connectivity index (χ4v) is 2.09. The molecule has 0 aromatic heterocycles. The van der Waals surface area contributed by atoms with Crippen molar-refractivity contribution in [3.05, 3.63) is 28.3 Å². The second kappa shape index (κ2) is 3.91. The van der Waals surface area contributed by atoms with Gasteiger partial charge in [0.2, 0.25) is 0 Å². The Morgan fingerprint density at radius 3 is 2.65 bits per heavy atom. The van der Waals surface area contributed by atoms with Crippen LogP contribution in [0.2, 0.25) is 5.02 Å². The van der Waals surface area contributed by atoms with Crippen molar-refractivity contribution in [2.45, 2.75) is 19.7 Å². The number of benzene rings is 1. The molecule has 1 aliphatic carbocycles. The molecule has 0 N–H and O–H groups in total. The summed E-state index contributed by atoms with van der Waals surface area (Å²) in [6.45, 7) is 1.72. The van der Waals surface area contributed by atoms with Crippen molar-refractivity contribution in [2.75, 3.05) is 0 Å². The highest BCUT2D eigenvalue weighted by molar-refractivity contribution is 6.32. The van der Waals surface area contributed by atoms with Gasteiger partial charge in [0, 0.05) is 11.5 Å². The normalized spacial score (nSPS) is 19.4. The van der Waals surface area contributed by atoms with Crippen LogP contribution in [0.25, 0.3) is 0 Å². The number of halogens is 4. The Morgan fingerprint density at radius 1 is 1.41 bits per heavy atom. The molecule has 0 aliphatic heterocycles. The van der Waals surface area contributed by atoms with E-state index in [0.29, 0.717) is 17.5 Å². The number of alkyl halides is 3. The van der Waals surface area contributed by atoms with Crippen LogP contribution in [0.4, 0.5) is 13.2 Å². The van der Waals surface area contributed by atoms with Crippen LogP contribution in [0.15, 0.2) is 12.1 Å². The first-order chi connectivity index (χ1) is 7.78. The van der Waals surface area contributed by atoms with Crippen LogP contribution in [-0.4, -0.2) is 12.1 Å². The van der Waals surface area contributed by atoms with Crippen LogP contribution in [0.3, 0.4) is 0 Å². The summed E-state index contributed by atoms with van der Waals surface area (Å²) < 4.78 is 40.0. The van der Waals surface area contributed by atoms with Crippen molar-refractivity contribution in [3.8, 4) is 5.75 Å². The summed E-state index contributed by atoms with van der Waals surface area (Å²) in [5.41, 5.74) is 0.933. The summed E-state index contributed by atoms with van der Waals surface area (Å²) in [4.78, 5) is 11.6. The Kier molecular flexibility index (Phi) is 2.81. The lowest BCUT2D eigenvalue weighted by Gasteiger charge is -2.11. The molecular formula is C11H8ClF3O2. The zero-order chi connectivity index (χ0) is 12.8. The number of fused-ring (bicyclic) bond motifs is 1. The summed E-state index contributed by atoms with van der Waals surface area (Å²) in [5, 5.41) is -0.205. The predicted octanol–water partition coefficient (Wildman–Crippen LogP) is 3.61. The number of ketones is 1. The Morgan fingerprint density at radius 2 is 2.06 bits per heavy atom. The maximum atomic E-state index is 12.1. The summed E-state index contributed by atoms with van der Waals surface area (Å²) in [7, 11) is 0. The van der Waals surface area contributed by atoms with Crippen LogP contribution in [0.1, 0.15) is 22.8 Å². The lowest BCUT2D eigenvalue weighted by atomic mass is 10.1. The molecule has 0 saturated carbocycles. The van der Waals surface area contributed by atoms with Crippen LogP contribution < -0.4 is 4.74 Å². The summed E-state index contributed by atoms with van der Waals surface area (Å²) in [6, 6.07) is 2.43. The average Bonchev–Trinajstić information content (AvgIpc) is 2.43. The number of carbonyl (C=O) groups excluding carboxylic acids is 1. The van der Waals surface area contributed by atoms with Crippen molar-refractivity contribution < 1.29 is 22.7 Å². The first-order valence-electron chi connectivity index (χ1n) is 4.90. The van der Waals surface area contributed by atoms with Crippen molar-refractivity contribution in [3.63, 3.8) is 0 Å². The molecule has 1 unspecified atom stereocenters. The highest BCUT2D eigenvalue weighted by Crippen LogP contribution is 2.37. The van der Waals surface area contributed by atoms with Crippen LogP contribution in [-0.2, 0) is 6.42 Å². The van der Waals surface area contributed by atoms with Gasteiger partial charge in [0.15, 0.2) is 5.78 Å². The van der Waals surface area contributed by atoms with Crippen LogP contribution in [0.5, 0.6) is 5.75 Å². The molecule has 1 atom stereocenters. The summed E-state index contributed by atoms with van der Waals surface area (Å²) in [5.74, 6) is -0.775. The number of hydrogen-bond acceptors (Lipinski definition) is 2. The van der Waals surface area contributed by atoms with E-state index in [9.17, 15) is 18.0 Å². The van der Waals surface area contributed by atoms with Gasteiger partial charge in [-0.05, 0) is 24.1 Å². The van der Waals surface area contributed by atoms with E-state index in [-0.39, 0.29) is 16.7 Å². The molecule has 0 heterocycles. The van der Waals surface area contributed by atoms with E-state index in [1.54, 1.807) is 6.92 Å². The smallest absolute Gasteiger partial charge is 0.404 e. The zero-order valence-corrected chi connectivity index (χ0v) is 9.52. The quantitative estimate of drug-likeness (QED) is 0.774. The van der Waals surface area contributed by atoms with Crippen LogP contribution >= 0.6 is 11.6 Å². The van der Waals surface area contributed by atoms with Crippen molar-refractivity contribution >= 4 is 17.4 Å². The van der Waals surface area contributed by atoms with Gasteiger partial charge in [0.05, 0.1) is 5.02 Å². The standard InChI is InChI=1S/C11H8ClF3O2/c1-5-2-6-3-9(17-11(13,14)15)8(12)4-7(6)10(5)16/h3-5H,2H2,1H3. The Balaban J connectivity index is 2.40. The van der Waals surface area contributed by atoms with Gasteiger partial charge in [0.25, 0.3) is 0 Å². The van der Waals surface area contributed by atoms with Gasteiger partial charge in [-0.25, -0.2) is 0 Å². The summed E-state index contributed by atoms with van der Waals surface area (Å²) in [6.07, 6.45) is -4.37. The number of Topliss-reactive ketones (excluding diaryl/α,β-unsaturated/α-hetero) is 1. The van der Waals surface area contributed by atoms with Gasteiger partial charge in [-0.3, -0.25) is 4.79 Å². The van der Waals surface area contributed by atoms with E-state index in [1.165, 1.54) is 12.1 Å². The van der Waals surface area contributed by atoms with E-state index >= 15 is 0 Å². The van der Waals surface area contributed by atoms with Crippen LogP contribution in [0, 0.1) is 5.92 Å². The lowest BCUT2D eigenvalue weighted by Crippen LogP contribution is -2.17. The van der Waals surface area contributed by atoms with E-state index in [1.807, 2.05) is 0 Å². The molecule has 1 aromatic carbocycles. The number of rotatable bonds is 1. The van der Waals surface area contributed by atoms with Gasteiger partial charge in [-0.15, -0.1) is 13.2 Å². The maximum Gasteiger partial charge on any atom is 0.573 e. The fourth-order valence-electron chi connectivity index (χ4n) is 1.88. The highest BCUT2D eigenvalue weighted by Gasteiger charge is 2.34. The molecular weight excluding hydrogens is 257 g/mol. The van der Waals surface area contributed by atoms with Gasteiger partial charge in [-0.2, -0.15) is 0 Å². The van der Waals surface area contributed by atoms with Gasteiger partial charge in [-0.1, -0.05) is 18.5 Å². The minimum absolute atomic E-state index is 0.0968. The lowest BCUT2D eigenvalue weighted by molar-refractivity contribution is -0.274. The van der Waals surface area contributed by atoms with E-state index < -0.39 is 12.1 Å². The third-order valence-corrected chi connectivity index (χ3v) is 2.92. The molecule has 17 heavy (non-hydrogen) atoms. The zero-order valence-electron chi connectivity index (χ0n) is 8.77. The van der Waals surface area contributed by atoms with Gasteiger partial charge < -0.3 is 4.74 Å². The molecule has 1 aromatic rings. The molecule has 0 spiro atoms. The average molecular weight is 265 g/mol. The van der Waals surface area contributed by atoms with E-state index in [2.05, 4.69) is 4.74 Å². The molecule has 0 fully saturated rings. The number of carbonyl (C=O) groups is 1. The van der Waals surface area contributed by atoms with E-state index in [0.717, 1.165) is 0 Å². The Bertz CT molecular complexity index is 482. The van der Waals surface area contributed by atoms with Gasteiger partial charge in [0.1, 0.15) is 5.75 Å². The minimum atomic E-state index is -4.79. The second-order valence-corrected chi connectivity index (χ2v) is 4.36. The molecule has 0 saturated heterocycles. The second-order valence-electron chi connectivity index (χ2n) is 3.96. The monoisotopic (exact) mass is 264 g/mol. The summed E-state index contributed by atoms with van der Waals surface area (Å²) >= 11 is 5.65. The SMILES string of the molecule is CC1Cc2cc(OC(F)(F)F)c(Cl)cc2C1=O. The minimum Gasteiger partial charge on any atom is -0.404 e. The first-order valence-corrected chi connectivity index (χ1v) is 5.28. The van der Waals surface area contributed by atoms with Crippen molar-refractivity contribution in [1.82, 2.24) is 0 Å². The molecule has 1 aliphatic rings. The number of ether oxygens (including phenoxy) is 1. The molecule has 2 nitrogen and oxygen atoms in total. The highest BCUT2D eigenvalue weighted by atomic mass is 35.5. The molecule has 0 bridgehead atoms. The Labute approximate surface area is 100 Å². The van der Waals surface area contributed by atoms with Gasteiger partial charge >= 0.3 is 6.36 Å². The van der Waals surface area contributed by atoms with Crippen molar-refractivity contribution in [1.29, 1.82) is 0 Å². The molecule has 92 valence electrons. The Hall–Kier alpha value is -1.23. The third kappa shape index (κ3) is 2.39. The maximum absolute atomic E-state index is 12.1. The first kappa shape index (κ1) is 12.2. The molecule has 6 heteroatoms. The molecule has 0 radical (unpaired) electrons. The van der Waals surface area contributed by atoms with E-state index in [4.69, 9.17) is 11.6 Å². The molecule has 0 amide bonds. The number of hydrogen-bond donors (Lipinski definition) is 0. The van der Waals surface area contributed by atoms with Crippen molar-refractivity contribution in [2.24, 2.45) is 5.92 Å². The third-order valence-electron chi connectivity index (χ3n) is 2.62. The fraction of sp³-hybridized carbons (Fsp3) is 0.364. The molecule has 2 rings (SSSR count).